The number of methoxy groups -OCH3 is 1. The maximum atomic E-state index is 13.5. The number of nitrogens with zero attached hydrogens (tertiary/aromatic N) is 3. The predicted octanol–water partition coefficient (Wildman–Crippen LogP) is 5.45. The number of thiazole rings is 1. The molecule has 1 atom stereocenters. The van der Waals surface area contributed by atoms with E-state index < -0.39 is 0 Å². The van der Waals surface area contributed by atoms with Gasteiger partial charge in [0, 0.05) is 30.1 Å². The second kappa shape index (κ2) is 9.86. The smallest absolute Gasteiger partial charge is 0.262 e. The summed E-state index contributed by atoms with van der Waals surface area (Å²) in [5.41, 5.74) is 3.15. The molecule has 0 unspecified atom stereocenters. The van der Waals surface area contributed by atoms with Crippen LogP contribution in [0.4, 0.5) is 15.8 Å². The average Bonchev–Trinajstić information content (AvgIpc) is 3.54. The topological polar surface area (TPSA) is 93.1 Å². The Labute approximate surface area is 221 Å². The maximum Gasteiger partial charge on any atom is 0.262 e. The second-order valence-electron chi connectivity index (χ2n) is 9.05. The highest BCUT2D eigenvalue weighted by molar-refractivity contribution is 7.21. The van der Waals surface area contributed by atoms with E-state index in [1.165, 1.54) is 30.6 Å². The number of nitrogens with one attached hydrogen (secondary N) is 1. The summed E-state index contributed by atoms with van der Waals surface area (Å²) in [5, 5.41) is 3.57. The number of benzene rings is 3. The summed E-state index contributed by atoms with van der Waals surface area (Å²) in [6.07, 6.45) is 3.65. The third-order valence-corrected chi connectivity index (χ3v) is 7.65. The van der Waals surface area contributed by atoms with E-state index in [1.54, 1.807) is 36.5 Å². The Hall–Kier alpha value is -4.31. The van der Waals surface area contributed by atoms with E-state index in [-0.39, 0.29) is 30.3 Å². The monoisotopic (exact) mass is 530 g/mol. The molecule has 2 aliphatic heterocycles. The molecule has 0 bridgehead atoms. The summed E-state index contributed by atoms with van der Waals surface area (Å²) in [6, 6.07) is 15.0. The molecule has 6 rings (SSSR count). The van der Waals surface area contributed by atoms with Crippen molar-refractivity contribution in [2.24, 2.45) is 4.99 Å². The molecule has 0 radical (unpaired) electrons. The number of carbonyl (C=O) groups is 2. The molecule has 0 aliphatic carbocycles. The Morgan fingerprint density at radius 2 is 2.00 bits per heavy atom. The van der Waals surface area contributed by atoms with Gasteiger partial charge in [0.1, 0.15) is 10.8 Å². The first-order valence-corrected chi connectivity index (χ1v) is 13.0. The number of aliphatic imine (C=N–C) groups is 1. The summed E-state index contributed by atoms with van der Waals surface area (Å²) >= 11 is 1.41. The van der Waals surface area contributed by atoms with Crippen molar-refractivity contribution in [2.45, 2.75) is 18.9 Å². The number of amides is 2. The summed E-state index contributed by atoms with van der Waals surface area (Å²) in [4.78, 5) is 36.5. The van der Waals surface area contributed by atoms with Crippen LogP contribution < -0.4 is 14.8 Å². The van der Waals surface area contributed by atoms with Gasteiger partial charge in [-0.2, -0.15) is 0 Å². The van der Waals surface area contributed by atoms with Gasteiger partial charge in [-0.05, 0) is 61.4 Å². The normalized spacial score (nSPS) is 16.2. The molecule has 4 aromatic rings. The van der Waals surface area contributed by atoms with E-state index in [4.69, 9.17) is 9.47 Å². The first-order chi connectivity index (χ1) is 18.5. The van der Waals surface area contributed by atoms with Crippen LogP contribution in [0.2, 0.25) is 0 Å². The molecule has 0 spiro atoms. The summed E-state index contributed by atoms with van der Waals surface area (Å²) in [7, 11) is 1.49. The van der Waals surface area contributed by atoms with E-state index in [0.717, 1.165) is 33.6 Å². The number of anilines is 1. The molecule has 38 heavy (non-hydrogen) atoms. The van der Waals surface area contributed by atoms with E-state index in [2.05, 4.69) is 15.3 Å². The lowest BCUT2D eigenvalue weighted by Crippen LogP contribution is -2.35. The minimum atomic E-state index is -0.356. The summed E-state index contributed by atoms with van der Waals surface area (Å²) < 4.78 is 25.5. The first kappa shape index (κ1) is 24.1. The van der Waals surface area contributed by atoms with E-state index >= 15 is 0 Å². The zero-order chi connectivity index (χ0) is 26.2. The van der Waals surface area contributed by atoms with Gasteiger partial charge >= 0.3 is 0 Å². The molecule has 0 saturated carbocycles. The Morgan fingerprint density at radius 1 is 1.16 bits per heavy atom. The van der Waals surface area contributed by atoms with Crippen molar-refractivity contribution in [3.63, 3.8) is 0 Å². The first-order valence-electron chi connectivity index (χ1n) is 12.1. The fraction of sp³-hybridized carbons (Fsp3) is 0.214. The van der Waals surface area contributed by atoms with Crippen molar-refractivity contribution in [3.8, 4) is 22.1 Å². The zero-order valence-electron chi connectivity index (χ0n) is 20.4. The predicted molar refractivity (Wildman–Crippen MR) is 144 cm³/mol. The maximum absolute atomic E-state index is 13.5. The Balaban J connectivity index is 1.13. The number of fused-ring (bicyclic) bond motifs is 3. The highest BCUT2D eigenvalue weighted by Gasteiger charge is 2.32. The fourth-order valence-corrected chi connectivity index (χ4v) is 5.67. The van der Waals surface area contributed by atoms with Crippen LogP contribution in [0, 0.1) is 5.82 Å². The molecular formula is C28H23FN4O4S. The summed E-state index contributed by atoms with van der Waals surface area (Å²) in [6.45, 7) is 0.448. The van der Waals surface area contributed by atoms with Gasteiger partial charge < -0.3 is 19.7 Å². The van der Waals surface area contributed by atoms with Crippen LogP contribution in [-0.4, -0.2) is 54.2 Å². The molecule has 1 aromatic heterocycles. The zero-order valence-corrected chi connectivity index (χ0v) is 21.3. The molecule has 192 valence electrons. The van der Waals surface area contributed by atoms with Crippen LogP contribution >= 0.6 is 11.3 Å². The van der Waals surface area contributed by atoms with Gasteiger partial charge in [0.15, 0.2) is 18.1 Å². The number of halogens is 1. The van der Waals surface area contributed by atoms with E-state index in [1.807, 2.05) is 17.0 Å². The van der Waals surface area contributed by atoms with Gasteiger partial charge in [-0.1, -0.05) is 0 Å². The quantitative estimate of drug-likeness (QED) is 0.358. The van der Waals surface area contributed by atoms with Gasteiger partial charge in [-0.3, -0.25) is 14.6 Å². The standard InChI is InChI=1S/C28H23FN4O4S/c1-36-23-12-20-22(30-14-19-3-2-10-33(19)28(20)35)13-24(23)37-15-26(34)31-18-7-4-16(5-8-18)27-32-21-9-6-17(29)11-25(21)38-27/h4-9,11-14,19H,2-3,10,15H2,1H3,(H,31,34)/t19-/m0/s1. The lowest BCUT2D eigenvalue weighted by atomic mass is 10.1. The highest BCUT2D eigenvalue weighted by atomic mass is 32.1. The average molecular weight is 531 g/mol. The molecule has 1 N–H and O–H groups in total. The van der Waals surface area contributed by atoms with Crippen LogP contribution in [0.1, 0.15) is 23.2 Å². The molecule has 3 heterocycles. The number of ether oxygens (including phenoxy) is 2. The number of hydrogen-bond donors (Lipinski definition) is 1. The van der Waals surface area contributed by atoms with Gasteiger partial charge in [0.25, 0.3) is 11.8 Å². The van der Waals surface area contributed by atoms with Crippen molar-refractivity contribution < 1.29 is 23.5 Å². The number of rotatable bonds is 6. The molecule has 2 amide bonds. The molecular weight excluding hydrogens is 507 g/mol. The molecule has 3 aromatic carbocycles. The number of aromatic nitrogens is 1. The van der Waals surface area contributed by atoms with Crippen LogP contribution in [0.5, 0.6) is 11.5 Å². The van der Waals surface area contributed by atoms with Crippen LogP contribution in [-0.2, 0) is 4.79 Å². The minimum absolute atomic E-state index is 0.0000760. The van der Waals surface area contributed by atoms with E-state index in [0.29, 0.717) is 35.0 Å². The van der Waals surface area contributed by atoms with Crippen molar-refractivity contribution in [2.75, 3.05) is 25.6 Å². The molecule has 10 heteroatoms. The Bertz CT molecular complexity index is 1580. The van der Waals surface area contributed by atoms with Gasteiger partial charge in [-0.15, -0.1) is 11.3 Å². The van der Waals surface area contributed by atoms with Gasteiger partial charge in [-0.25, -0.2) is 9.37 Å². The molecule has 1 fully saturated rings. The lowest BCUT2D eigenvalue weighted by molar-refractivity contribution is -0.118. The number of hydrogen-bond acceptors (Lipinski definition) is 7. The third kappa shape index (κ3) is 4.58. The van der Waals surface area contributed by atoms with Crippen molar-refractivity contribution >= 4 is 51.0 Å². The highest BCUT2D eigenvalue weighted by Crippen LogP contribution is 2.38. The molecule has 8 nitrogen and oxygen atoms in total. The second-order valence-corrected chi connectivity index (χ2v) is 10.1. The van der Waals surface area contributed by atoms with Crippen LogP contribution in [0.25, 0.3) is 20.8 Å². The lowest BCUT2D eigenvalue weighted by Gasteiger charge is -2.20. The number of carbonyl (C=O) groups excluding carboxylic acids is 2. The summed E-state index contributed by atoms with van der Waals surface area (Å²) in [5.74, 6) is -0.0404. The SMILES string of the molecule is COc1cc2c(cc1OCC(=O)Nc1ccc(-c3nc4ccc(F)cc4s3)cc1)N=C[C@@H]1CCCN1C2=O. The van der Waals surface area contributed by atoms with Gasteiger partial charge in [0.2, 0.25) is 0 Å². The fourth-order valence-electron chi connectivity index (χ4n) is 4.68. The van der Waals surface area contributed by atoms with Crippen molar-refractivity contribution in [1.29, 1.82) is 0 Å². The Morgan fingerprint density at radius 3 is 2.82 bits per heavy atom. The molecule has 1 saturated heterocycles. The van der Waals surface area contributed by atoms with Crippen LogP contribution in [0.15, 0.2) is 59.6 Å². The Kier molecular flexibility index (Phi) is 6.24. The van der Waals surface area contributed by atoms with Crippen LogP contribution in [0.3, 0.4) is 0 Å². The largest absolute Gasteiger partial charge is 0.493 e. The van der Waals surface area contributed by atoms with Gasteiger partial charge in [0.05, 0.1) is 34.6 Å². The third-order valence-electron chi connectivity index (χ3n) is 6.58. The minimum Gasteiger partial charge on any atom is -0.493 e. The van der Waals surface area contributed by atoms with Crippen molar-refractivity contribution in [1.82, 2.24) is 9.88 Å². The van der Waals surface area contributed by atoms with E-state index in [9.17, 15) is 14.0 Å². The van der Waals surface area contributed by atoms with Crippen molar-refractivity contribution in [3.05, 3.63) is 66.0 Å². The molecule has 2 aliphatic rings.